The van der Waals surface area contributed by atoms with E-state index in [2.05, 4.69) is 114 Å². The summed E-state index contributed by atoms with van der Waals surface area (Å²) in [6.45, 7) is 18.5. The summed E-state index contributed by atoms with van der Waals surface area (Å²) in [6, 6.07) is 17.9. The van der Waals surface area contributed by atoms with Crippen molar-refractivity contribution in [3.63, 3.8) is 0 Å². The normalized spacial score (nSPS) is 30.9. The van der Waals surface area contributed by atoms with Crippen molar-refractivity contribution in [1.82, 2.24) is 10.3 Å². The van der Waals surface area contributed by atoms with Crippen LogP contribution >= 0.6 is 0 Å². The van der Waals surface area contributed by atoms with Crippen molar-refractivity contribution >= 4 is 0 Å². The van der Waals surface area contributed by atoms with Crippen molar-refractivity contribution in [1.29, 1.82) is 0 Å². The molecule has 4 heteroatoms. The molecule has 2 aromatic carbocycles. The molecule has 3 aromatic rings. The maximum absolute atomic E-state index is 7.15. The van der Waals surface area contributed by atoms with E-state index < -0.39 is 11.4 Å². The second kappa shape index (κ2) is 6.22. The maximum atomic E-state index is 7.15. The smallest absolute Gasteiger partial charge is 0.173 e. The molecular formula is C32H38N2O2. The predicted octanol–water partition coefficient (Wildman–Crippen LogP) is 6.80. The second-order valence-corrected chi connectivity index (χ2v) is 13.6. The third-order valence-corrected chi connectivity index (χ3v) is 10.6. The van der Waals surface area contributed by atoms with Crippen LogP contribution in [0.4, 0.5) is 0 Å². The molecule has 4 nitrogen and oxygen atoms in total. The van der Waals surface area contributed by atoms with E-state index in [1.165, 1.54) is 33.6 Å². The maximum Gasteiger partial charge on any atom is 0.173 e. The van der Waals surface area contributed by atoms with Crippen molar-refractivity contribution in [2.24, 2.45) is 0 Å². The Morgan fingerprint density at radius 3 is 1.36 bits per heavy atom. The highest BCUT2D eigenvalue weighted by Gasteiger charge is 2.69. The molecule has 4 aliphatic rings. The summed E-state index contributed by atoms with van der Waals surface area (Å²) in [4.78, 5) is 3.84. The van der Waals surface area contributed by atoms with Crippen molar-refractivity contribution in [3.8, 4) is 11.5 Å². The van der Waals surface area contributed by atoms with E-state index >= 15 is 0 Å². The lowest BCUT2D eigenvalue weighted by atomic mass is 9.73. The topological polar surface area (TPSA) is 46.3 Å². The largest absolute Gasteiger partial charge is 0.471 e. The first kappa shape index (κ1) is 22.5. The number of H-pyrrole nitrogens is 1. The lowest BCUT2D eigenvalue weighted by Gasteiger charge is -2.43. The summed E-state index contributed by atoms with van der Waals surface area (Å²) in [5.41, 5.74) is 5.36. The van der Waals surface area contributed by atoms with Crippen LogP contribution in [0.5, 0.6) is 11.5 Å². The van der Waals surface area contributed by atoms with Crippen molar-refractivity contribution in [3.05, 3.63) is 82.2 Å². The predicted molar refractivity (Wildman–Crippen MR) is 143 cm³/mol. The van der Waals surface area contributed by atoms with Crippen molar-refractivity contribution in [2.45, 2.75) is 101 Å². The molecular weight excluding hydrogens is 444 g/mol. The van der Waals surface area contributed by atoms with Gasteiger partial charge in [0.25, 0.3) is 0 Å². The Balaban J connectivity index is 1.56. The average molecular weight is 483 g/mol. The van der Waals surface area contributed by atoms with Gasteiger partial charge in [0.2, 0.25) is 0 Å². The molecule has 5 heterocycles. The van der Waals surface area contributed by atoms with E-state index in [0.29, 0.717) is 0 Å². The van der Waals surface area contributed by atoms with Crippen LogP contribution in [0.2, 0.25) is 0 Å². The van der Waals surface area contributed by atoms with Crippen LogP contribution in [-0.4, -0.2) is 16.4 Å². The zero-order chi connectivity index (χ0) is 25.5. The number of aromatic amines is 1. The Kier molecular flexibility index (Phi) is 3.88. The highest BCUT2D eigenvalue weighted by atomic mass is 16.6. The standard InChI is InChI=1S/C32H38N2O2/c1-27(2)19-11-9-13-21-25(19)35-31(29(21,5)6)17-18-32(34-31)30(7,8)22-14-10-12-20(26(22)36-32)28(3,4)24-16-15-23(27)33-24/h9-16,33-34H,17-18H2,1-8H3. The van der Waals surface area contributed by atoms with E-state index in [9.17, 15) is 0 Å². The summed E-state index contributed by atoms with van der Waals surface area (Å²) in [5.74, 6) is 2.05. The molecule has 7 rings (SSSR count). The Morgan fingerprint density at radius 2 is 0.944 bits per heavy atom. The van der Waals surface area contributed by atoms with Gasteiger partial charge in [0, 0.05) is 68.1 Å². The fraction of sp³-hybridized carbons (Fsp3) is 0.500. The highest BCUT2D eigenvalue weighted by molar-refractivity contribution is 5.60. The quantitative estimate of drug-likeness (QED) is 0.371. The van der Waals surface area contributed by atoms with Gasteiger partial charge in [-0.15, -0.1) is 0 Å². The summed E-state index contributed by atoms with van der Waals surface area (Å²) in [5, 5.41) is 4.06. The summed E-state index contributed by atoms with van der Waals surface area (Å²) in [6.07, 6.45) is 1.77. The molecule has 4 aliphatic heterocycles. The van der Waals surface area contributed by atoms with Gasteiger partial charge in [0.15, 0.2) is 11.4 Å². The van der Waals surface area contributed by atoms with Gasteiger partial charge in [-0.1, -0.05) is 91.8 Å². The molecule has 0 saturated carbocycles. The van der Waals surface area contributed by atoms with Crippen LogP contribution in [-0.2, 0) is 21.7 Å². The molecule has 1 aromatic heterocycles. The lowest BCUT2D eigenvalue weighted by Crippen LogP contribution is -2.65. The first-order valence-electron chi connectivity index (χ1n) is 13.4. The molecule has 1 fully saturated rings. The number of para-hydroxylation sites is 2. The van der Waals surface area contributed by atoms with E-state index in [1.807, 2.05) is 0 Å². The highest BCUT2D eigenvalue weighted by Crippen LogP contribution is 2.62. The minimum absolute atomic E-state index is 0.227. The van der Waals surface area contributed by atoms with Crippen LogP contribution in [0, 0.1) is 0 Å². The molecule has 0 aliphatic carbocycles. The minimum atomic E-state index is -0.540. The van der Waals surface area contributed by atoms with Crippen molar-refractivity contribution in [2.75, 3.05) is 0 Å². The fourth-order valence-electron chi connectivity index (χ4n) is 7.61. The minimum Gasteiger partial charge on any atom is -0.471 e. The Labute approximate surface area is 214 Å². The third kappa shape index (κ3) is 2.32. The van der Waals surface area contributed by atoms with Crippen LogP contribution in [0.15, 0.2) is 48.5 Å². The van der Waals surface area contributed by atoms with Crippen LogP contribution in [0.3, 0.4) is 0 Å². The fourth-order valence-corrected chi connectivity index (χ4v) is 7.61. The van der Waals surface area contributed by atoms with Crippen LogP contribution in [0.25, 0.3) is 0 Å². The number of benzene rings is 2. The molecule has 0 amide bonds. The Hall–Kier alpha value is -2.72. The average Bonchev–Trinajstić information content (AvgIpc) is 3.54. The van der Waals surface area contributed by atoms with Gasteiger partial charge in [0.1, 0.15) is 11.5 Å². The van der Waals surface area contributed by atoms with Crippen LogP contribution in [0.1, 0.15) is 102 Å². The van der Waals surface area contributed by atoms with Crippen molar-refractivity contribution < 1.29 is 9.47 Å². The number of hydrogen-bond acceptors (Lipinski definition) is 3. The molecule has 188 valence electrons. The van der Waals surface area contributed by atoms with Gasteiger partial charge in [0.05, 0.1) is 0 Å². The number of aromatic nitrogens is 1. The molecule has 2 spiro atoms. The molecule has 2 unspecified atom stereocenters. The molecule has 6 bridgehead atoms. The number of ether oxygens (including phenoxy) is 2. The monoisotopic (exact) mass is 482 g/mol. The van der Waals surface area contributed by atoms with Crippen LogP contribution < -0.4 is 14.8 Å². The van der Waals surface area contributed by atoms with E-state index in [0.717, 1.165) is 24.3 Å². The third-order valence-electron chi connectivity index (χ3n) is 10.6. The first-order chi connectivity index (χ1) is 16.8. The SMILES string of the molecule is CC1(C)c2ccc([nH]2)C(C)(C)c2cccc3c2OC2(CCC4(N2)Oc2c1cccc2C4(C)C)C3(C)C. The van der Waals surface area contributed by atoms with E-state index in [4.69, 9.17) is 9.47 Å². The number of hydrogen-bond donors (Lipinski definition) is 2. The number of rotatable bonds is 0. The number of fused-ring (bicyclic) bond motifs is 2. The molecule has 0 radical (unpaired) electrons. The van der Waals surface area contributed by atoms with Gasteiger partial charge in [-0.25, -0.2) is 5.32 Å². The summed E-state index contributed by atoms with van der Waals surface area (Å²) < 4.78 is 14.3. The van der Waals surface area contributed by atoms with E-state index in [-0.39, 0.29) is 21.7 Å². The zero-order valence-electron chi connectivity index (χ0n) is 22.8. The first-order valence-corrected chi connectivity index (χ1v) is 13.4. The second-order valence-electron chi connectivity index (χ2n) is 13.6. The van der Waals surface area contributed by atoms with Gasteiger partial charge in [-0.2, -0.15) is 0 Å². The van der Waals surface area contributed by atoms with Gasteiger partial charge < -0.3 is 14.5 Å². The summed E-state index contributed by atoms with van der Waals surface area (Å²) in [7, 11) is 0. The Morgan fingerprint density at radius 1 is 0.556 bits per heavy atom. The van der Waals surface area contributed by atoms with E-state index in [1.54, 1.807) is 0 Å². The molecule has 2 atom stereocenters. The molecule has 36 heavy (non-hydrogen) atoms. The Bertz CT molecular complexity index is 1340. The number of nitrogens with one attached hydrogen (secondary N) is 2. The van der Waals surface area contributed by atoms with Gasteiger partial charge in [-0.3, -0.25) is 0 Å². The van der Waals surface area contributed by atoms with Gasteiger partial charge >= 0.3 is 0 Å². The zero-order valence-corrected chi connectivity index (χ0v) is 22.8. The molecule has 2 N–H and O–H groups in total. The molecule has 1 saturated heterocycles. The summed E-state index contributed by atoms with van der Waals surface area (Å²) >= 11 is 0. The lowest BCUT2D eigenvalue weighted by molar-refractivity contribution is -0.0562. The van der Waals surface area contributed by atoms with Gasteiger partial charge in [-0.05, 0) is 12.1 Å².